The van der Waals surface area contributed by atoms with Crippen molar-refractivity contribution >= 4 is 6.16 Å². The molecule has 0 aromatic rings. The Morgan fingerprint density at radius 1 is 0.500 bits per heavy atom. The minimum atomic E-state index is -0.468. The molecule has 0 aromatic carbocycles. The van der Waals surface area contributed by atoms with Gasteiger partial charge in [0.1, 0.15) is 12.2 Å². The highest BCUT2D eigenvalue weighted by Gasteiger charge is 2.24. The van der Waals surface area contributed by atoms with Crippen LogP contribution in [0.15, 0.2) is 0 Å². The smallest absolute Gasteiger partial charge is 0.431 e. The van der Waals surface area contributed by atoms with Gasteiger partial charge in [0.05, 0.1) is 0 Å². The third kappa shape index (κ3) is 15.2. The fourth-order valence-corrected chi connectivity index (χ4v) is 4.44. The normalized spacial score (nSPS) is 16.5. The zero-order valence-corrected chi connectivity index (χ0v) is 20.6. The molecule has 3 heteroatoms. The topological polar surface area (TPSA) is 35.5 Å². The molecule has 0 radical (unpaired) electrons. The summed E-state index contributed by atoms with van der Waals surface area (Å²) in [5, 5.41) is 0. The van der Waals surface area contributed by atoms with Crippen LogP contribution in [0.4, 0.5) is 4.79 Å². The van der Waals surface area contributed by atoms with E-state index >= 15 is 0 Å². The highest BCUT2D eigenvalue weighted by molar-refractivity contribution is 5.60. The van der Waals surface area contributed by atoms with Gasteiger partial charge in [0.2, 0.25) is 0 Å². The molecule has 0 rings (SSSR count). The summed E-state index contributed by atoms with van der Waals surface area (Å²) in [6.07, 6.45) is 5.40. The Bertz CT molecular complexity index is 365. The van der Waals surface area contributed by atoms with Crippen LogP contribution < -0.4 is 0 Å². The monoisotopic (exact) mass is 398 g/mol. The Kier molecular flexibility index (Phi) is 13.9. The molecule has 0 fully saturated rings. The SMILES string of the molecule is CC(C)CC(C)CC(CC(C)C)OC(=O)OC(CC(C)C)CC(C)CC(C)C. The van der Waals surface area contributed by atoms with Gasteiger partial charge in [-0.3, -0.25) is 0 Å². The molecule has 3 nitrogen and oxygen atoms in total. The second-order valence-corrected chi connectivity index (χ2v) is 10.9. The lowest BCUT2D eigenvalue weighted by Gasteiger charge is -2.27. The van der Waals surface area contributed by atoms with Crippen molar-refractivity contribution in [2.24, 2.45) is 35.5 Å². The van der Waals surface area contributed by atoms with Gasteiger partial charge in [-0.05, 0) is 74.0 Å². The van der Waals surface area contributed by atoms with E-state index in [9.17, 15) is 4.79 Å². The predicted molar refractivity (Wildman–Crippen MR) is 121 cm³/mol. The van der Waals surface area contributed by atoms with E-state index in [-0.39, 0.29) is 12.2 Å². The van der Waals surface area contributed by atoms with Crippen LogP contribution in [-0.4, -0.2) is 18.4 Å². The second kappa shape index (κ2) is 14.3. The van der Waals surface area contributed by atoms with E-state index in [1.54, 1.807) is 0 Å². The van der Waals surface area contributed by atoms with Gasteiger partial charge in [-0.15, -0.1) is 0 Å². The molecule has 0 aliphatic heterocycles. The van der Waals surface area contributed by atoms with Gasteiger partial charge in [0, 0.05) is 0 Å². The second-order valence-electron chi connectivity index (χ2n) is 10.9. The third-order valence-electron chi connectivity index (χ3n) is 5.07. The maximum atomic E-state index is 12.6. The summed E-state index contributed by atoms with van der Waals surface area (Å²) < 4.78 is 11.7. The van der Waals surface area contributed by atoms with Crippen molar-refractivity contribution in [2.45, 2.75) is 120 Å². The van der Waals surface area contributed by atoms with Crippen molar-refractivity contribution in [3.05, 3.63) is 0 Å². The molecule has 28 heavy (non-hydrogen) atoms. The molecular weight excluding hydrogens is 348 g/mol. The number of rotatable bonds is 14. The maximum absolute atomic E-state index is 12.6. The number of carbonyl (C=O) groups excluding carboxylic acids is 1. The van der Waals surface area contributed by atoms with Crippen LogP contribution in [0, 0.1) is 35.5 Å². The first kappa shape index (κ1) is 27.3. The van der Waals surface area contributed by atoms with E-state index in [1.807, 2.05) is 0 Å². The molecule has 168 valence electrons. The molecule has 0 amide bonds. The molecule has 0 aliphatic carbocycles. The number of hydrogen-bond acceptors (Lipinski definition) is 3. The Balaban J connectivity index is 4.83. The number of carbonyl (C=O) groups is 1. The zero-order valence-electron chi connectivity index (χ0n) is 20.6. The van der Waals surface area contributed by atoms with Gasteiger partial charge in [0.25, 0.3) is 0 Å². The summed E-state index contributed by atoms with van der Waals surface area (Å²) in [6, 6.07) is 0. The molecule has 0 saturated heterocycles. The lowest BCUT2D eigenvalue weighted by Crippen LogP contribution is -2.28. The summed E-state index contributed by atoms with van der Waals surface area (Å²) in [6.45, 7) is 22.3. The highest BCUT2D eigenvalue weighted by Crippen LogP contribution is 2.25. The van der Waals surface area contributed by atoms with Crippen molar-refractivity contribution in [1.82, 2.24) is 0 Å². The molecule has 4 atom stereocenters. The lowest BCUT2D eigenvalue weighted by atomic mass is 9.90. The number of ether oxygens (including phenoxy) is 2. The van der Waals surface area contributed by atoms with Crippen molar-refractivity contribution in [3.8, 4) is 0 Å². The van der Waals surface area contributed by atoms with Crippen LogP contribution in [0.2, 0.25) is 0 Å². The van der Waals surface area contributed by atoms with Crippen molar-refractivity contribution < 1.29 is 14.3 Å². The summed E-state index contributed by atoms with van der Waals surface area (Å²) in [5.74, 6) is 3.44. The number of hydrogen-bond donors (Lipinski definition) is 0. The standard InChI is InChI=1S/C25H50O3/c1-17(2)11-21(9)15-23(13-19(5)6)27-25(26)28-24(14-20(7)8)16-22(10)12-18(3)4/h17-24H,11-16H2,1-10H3. The fourth-order valence-electron chi connectivity index (χ4n) is 4.44. The zero-order chi connectivity index (χ0) is 21.9. The van der Waals surface area contributed by atoms with Gasteiger partial charge < -0.3 is 9.47 Å². The molecule has 4 unspecified atom stereocenters. The van der Waals surface area contributed by atoms with Crippen molar-refractivity contribution in [2.75, 3.05) is 0 Å². The molecule has 0 saturated carbocycles. The molecule has 0 N–H and O–H groups in total. The Labute approximate surface area is 176 Å². The quantitative estimate of drug-likeness (QED) is 0.277. The van der Waals surface area contributed by atoms with Crippen LogP contribution in [0.25, 0.3) is 0 Å². The molecule has 0 aliphatic rings. The Morgan fingerprint density at radius 2 is 0.786 bits per heavy atom. The average Bonchev–Trinajstić information content (AvgIpc) is 2.42. The van der Waals surface area contributed by atoms with Gasteiger partial charge in [-0.25, -0.2) is 4.79 Å². The highest BCUT2D eigenvalue weighted by atomic mass is 16.7. The molecular formula is C25H50O3. The summed E-state index contributed by atoms with van der Waals surface area (Å²) in [5.41, 5.74) is 0. The van der Waals surface area contributed by atoms with Crippen LogP contribution in [-0.2, 0) is 9.47 Å². The van der Waals surface area contributed by atoms with Crippen molar-refractivity contribution in [3.63, 3.8) is 0 Å². The fraction of sp³-hybridized carbons (Fsp3) is 0.960. The third-order valence-corrected chi connectivity index (χ3v) is 5.07. The molecule has 0 aromatic heterocycles. The Morgan fingerprint density at radius 3 is 1.04 bits per heavy atom. The molecule has 0 heterocycles. The predicted octanol–water partition coefficient (Wildman–Crippen LogP) is 8.11. The lowest BCUT2D eigenvalue weighted by molar-refractivity contribution is -0.0227. The average molecular weight is 399 g/mol. The molecule has 0 bridgehead atoms. The van der Waals surface area contributed by atoms with E-state index in [1.165, 1.54) is 0 Å². The van der Waals surface area contributed by atoms with E-state index in [0.29, 0.717) is 35.5 Å². The first-order valence-electron chi connectivity index (χ1n) is 11.8. The van der Waals surface area contributed by atoms with E-state index in [2.05, 4.69) is 69.2 Å². The Hall–Kier alpha value is -0.730. The maximum Gasteiger partial charge on any atom is 0.508 e. The van der Waals surface area contributed by atoms with Crippen LogP contribution in [0.3, 0.4) is 0 Å². The summed E-state index contributed by atoms with van der Waals surface area (Å²) in [7, 11) is 0. The van der Waals surface area contributed by atoms with Crippen molar-refractivity contribution in [1.29, 1.82) is 0 Å². The van der Waals surface area contributed by atoms with Gasteiger partial charge in [-0.2, -0.15) is 0 Å². The first-order chi connectivity index (χ1) is 12.9. The van der Waals surface area contributed by atoms with E-state index in [4.69, 9.17) is 9.47 Å². The molecule has 0 spiro atoms. The van der Waals surface area contributed by atoms with E-state index < -0.39 is 6.16 Å². The van der Waals surface area contributed by atoms with E-state index in [0.717, 1.165) is 38.5 Å². The van der Waals surface area contributed by atoms with Gasteiger partial charge in [0.15, 0.2) is 0 Å². The largest absolute Gasteiger partial charge is 0.508 e. The first-order valence-corrected chi connectivity index (χ1v) is 11.8. The van der Waals surface area contributed by atoms with Gasteiger partial charge in [-0.1, -0.05) is 69.2 Å². The van der Waals surface area contributed by atoms with Crippen LogP contribution >= 0.6 is 0 Å². The minimum Gasteiger partial charge on any atom is -0.431 e. The van der Waals surface area contributed by atoms with Crippen LogP contribution in [0.5, 0.6) is 0 Å². The van der Waals surface area contributed by atoms with Crippen LogP contribution in [0.1, 0.15) is 108 Å². The summed E-state index contributed by atoms with van der Waals surface area (Å²) >= 11 is 0. The minimum absolute atomic E-state index is 0.0472. The summed E-state index contributed by atoms with van der Waals surface area (Å²) in [4.78, 5) is 12.6. The van der Waals surface area contributed by atoms with Gasteiger partial charge >= 0.3 is 6.16 Å².